The maximum atomic E-state index is 8.39. The van der Waals surface area contributed by atoms with E-state index in [0.717, 1.165) is 22.4 Å². The molecule has 0 aliphatic carbocycles. The fourth-order valence-electron chi connectivity index (χ4n) is 5.75. The number of fused-ring (bicyclic) bond motifs is 5. The predicted octanol–water partition coefficient (Wildman–Crippen LogP) is 11.7. The first-order valence-corrected chi connectivity index (χ1v) is 15.8. The number of hydrogen-bond acceptors (Lipinski definition) is 4. The van der Waals surface area contributed by atoms with Gasteiger partial charge in [0.15, 0.2) is 0 Å². The van der Waals surface area contributed by atoms with E-state index in [0.29, 0.717) is 44.1 Å². The molecule has 4 aromatic heterocycles. The molecule has 0 unspecified atom stereocenters. The molecule has 0 saturated carbocycles. The van der Waals surface area contributed by atoms with Gasteiger partial charge in [-0.05, 0) is 78.1 Å². The molecular weight excluding hydrogens is 791 g/mol. The number of furan rings is 1. The summed E-state index contributed by atoms with van der Waals surface area (Å²) < 4.78 is 92.6. The molecule has 0 N–H and O–H groups in total. The molecule has 0 spiro atoms. The Morgan fingerprint density at radius 1 is 0.720 bits per heavy atom. The summed E-state index contributed by atoms with van der Waals surface area (Å²) in [4.78, 5) is 12.7. The number of aryl methyl sites for hydroxylation is 3. The standard InChI is InChI=1S/C23H17N2O.C22H22N.Ir/c1-13-7-10-21(24-12-13)19-6-4-5-17-18-9-8-16-15(3)25-14(2)11-20(16)23(18)26-22(17)19;1-22(2,3)16-17-9-11-18(12-10-17)20-13-14-23-21(15-20)19-7-5-4-6-8-19;/h4-5,7-12H,1-3H3;4-7,9-15H,16H2,1-3H3;/q2*-1;/i1D3,2D3,3D3;16D2;. The maximum absolute atomic E-state index is 8.39. The van der Waals surface area contributed by atoms with Crippen molar-refractivity contribution in [1.82, 2.24) is 15.0 Å². The van der Waals surface area contributed by atoms with Crippen LogP contribution in [0.4, 0.5) is 0 Å². The Bertz CT molecular complexity index is 2830. The molecule has 5 heteroatoms. The van der Waals surface area contributed by atoms with Gasteiger partial charge < -0.3 is 14.4 Å². The zero-order valence-electron chi connectivity index (χ0n) is 38.6. The Morgan fingerprint density at radius 2 is 1.56 bits per heavy atom. The summed E-state index contributed by atoms with van der Waals surface area (Å²) in [7, 11) is 0. The van der Waals surface area contributed by atoms with Gasteiger partial charge in [-0.1, -0.05) is 86.3 Å². The number of aromatic nitrogens is 3. The van der Waals surface area contributed by atoms with Gasteiger partial charge >= 0.3 is 0 Å². The molecule has 0 atom stereocenters. The van der Waals surface area contributed by atoms with E-state index in [2.05, 4.69) is 27.1 Å². The van der Waals surface area contributed by atoms with Gasteiger partial charge in [-0.25, -0.2) is 0 Å². The monoisotopic (exact) mass is 841 g/mol. The van der Waals surface area contributed by atoms with Crippen molar-refractivity contribution in [3.63, 3.8) is 0 Å². The first-order chi connectivity index (χ1) is 28.0. The van der Waals surface area contributed by atoms with Gasteiger partial charge in [-0.15, -0.1) is 54.1 Å². The van der Waals surface area contributed by atoms with Crippen LogP contribution in [0.5, 0.6) is 0 Å². The molecule has 4 heterocycles. The minimum Gasteiger partial charge on any atom is -0.500 e. The summed E-state index contributed by atoms with van der Waals surface area (Å²) >= 11 is 0. The molecule has 4 aromatic carbocycles. The minimum absolute atomic E-state index is 0. The van der Waals surface area contributed by atoms with Crippen molar-refractivity contribution in [3.05, 3.63) is 150 Å². The van der Waals surface area contributed by atoms with Crippen LogP contribution in [0, 0.1) is 38.1 Å². The van der Waals surface area contributed by atoms with Crippen molar-refractivity contribution >= 4 is 32.7 Å². The van der Waals surface area contributed by atoms with Crippen molar-refractivity contribution in [1.29, 1.82) is 0 Å². The van der Waals surface area contributed by atoms with Crippen molar-refractivity contribution in [2.75, 3.05) is 0 Å². The van der Waals surface area contributed by atoms with E-state index in [-0.39, 0.29) is 42.4 Å². The Balaban J connectivity index is 0.000000212. The van der Waals surface area contributed by atoms with E-state index in [1.807, 2.05) is 81.4 Å². The average Bonchev–Trinajstić information content (AvgIpc) is 3.59. The van der Waals surface area contributed by atoms with Crippen LogP contribution >= 0.6 is 0 Å². The number of hydrogen-bond donors (Lipinski definition) is 0. The van der Waals surface area contributed by atoms with E-state index in [1.54, 1.807) is 36.5 Å². The fraction of sp³-hybridized carbons (Fsp3) is 0.178. The van der Waals surface area contributed by atoms with Gasteiger partial charge in [0.2, 0.25) is 0 Å². The summed E-state index contributed by atoms with van der Waals surface area (Å²) in [6.07, 6.45) is 1.70. The molecule has 4 nitrogen and oxygen atoms in total. The van der Waals surface area contributed by atoms with Crippen molar-refractivity contribution in [2.45, 2.75) is 47.7 Å². The number of nitrogens with zero attached hydrogens (tertiary/aromatic N) is 3. The van der Waals surface area contributed by atoms with Gasteiger partial charge in [-0.2, -0.15) is 0 Å². The molecule has 8 aromatic rings. The smallest absolute Gasteiger partial charge is 0.128 e. The molecule has 0 bridgehead atoms. The van der Waals surface area contributed by atoms with Gasteiger partial charge in [0.05, 0.1) is 5.58 Å². The Kier molecular flexibility index (Phi) is 6.79. The van der Waals surface area contributed by atoms with E-state index < -0.39 is 32.3 Å². The Morgan fingerprint density at radius 3 is 2.28 bits per heavy atom. The second kappa shape index (κ2) is 14.5. The molecule has 251 valence electrons. The van der Waals surface area contributed by atoms with Crippen LogP contribution in [-0.4, -0.2) is 15.0 Å². The number of rotatable bonds is 4. The van der Waals surface area contributed by atoms with E-state index >= 15 is 0 Å². The minimum atomic E-state index is -2.63. The molecule has 0 aliphatic heterocycles. The zero-order chi connectivity index (χ0) is 43.4. The van der Waals surface area contributed by atoms with Gasteiger partial charge in [-0.3, -0.25) is 4.98 Å². The Labute approximate surface area is 323 Å². The molecule has 50 heavy (non-hydrogen) atoms. The number of pyridine rings is 3. The van der Waals surface area contributed by atoms with Gasteiger partial charge in [0.1, 0.15) is 5.58 Å². The third-order valence-electron chi connectivity index (χ3n) is 7.91. The van der Waals surface area contributed by atoms with Crippen LogP contribution in [0.1, 0.15) is 58.4 Å². The van der Waals surface area contributed by atoms with Gasteiger partial charge in [0, 0.05) is 75.1 Å². The second-order valence-corrected chi connectivity index (χ2v) is 12.7. The maximum Gasteiger partial charge on any atom is 0.128 e. The molecule has 8 rings (SSSR count). The SMILES string of the molecule is [2H]C([2H])([2H])c1ccc(-c2[c-]ccc3c2oc2c4cc(C([2H])([2H])[2H])nc(C([2H])([2H])[2H])c4ccc32)nc1.[2H]C([2H])(c1ccc(-c2ccnc(-c3[c-]cccc3)c2)cc1)C(C)(C)C.[Ir]. The third-order valence-corrected chi connectivity index (χ3v) is 7.91. The summed E-state index contributed by atoms with van der Waals surface area (Å²) in [5.41, 5.74) is 5.32. The molecule has 0 fully saturated rings. The van der Waals surface area contributed by atoms with Crippen LogP contribution in [0.2, 0.25) is 0 Å². The molecular formula is C45H39IrN3O-2. The second-order valence-electron chi connectivity index (χ2n) is 12.7. The normalized spacial score (nSPS) is 15.6. The molecule has 0 saturated heterocycles. The zero-order valence-corrected chi connectivity index (χ0v) is 29.9. The van der Waals surface area contributed by atoms with Crippen LogP contribution in [-0.2, 0) is 26.5 Å². The summed E-state index contributed by atoms with van der Waals surface area (Å²) in [5, 5.41) is 1.94. The van der Waals surface area contributed by atoms with E-state index in [1.165, 1.54) is 18.3 Å². The summed E-state index contributed by atoms with van der Waals surface area (Å²) in [6, 6.07) is 37.0. The summed E-state index contributed by atoms with van der Waals surface area (Å²) in [5.74, 6) is 0. The van der Waals surface area contributed by atoms with Crippen LogP contribution in [0.3, 0.4) is 0 Å². The first kappa shape index (κ1) is 23.4. The van der Waals surface area contributed by atoms with Crippen LogP contribution < -0.4 is 0 Å². The van der Waals surface area contributed by atoms with Crippen LogP contribution in [0.25, 0.3) is 66.4 Å². The first-order valence-electron chi connectivity index (χ1n) is 21.3. The molecule has 0 amide bonds. The topological polar surface area (TPSA) is 51.8 Å². The van der Waals surface area contributed by atoms with E-state index in [4.69, 9.17) is 19.5 Å². The quantitative estimate of drug-likeness (QED) is 0.166. The molecule has 1 radical (unpaired) electrons. The number of benzene rings is 4. The third kappa shape index (κ3) is 7.45. The fourth-order valence-corrected chi connectivity index (χ4v) is 5.75. The largest absolute Gasteiger partial charge is 0.500 e. The van der Waals surface area contributed by atoms with E-state index in [9.17, 15) is 0 Å². The van der Waals surface area contributed by atoms with Crippen LogP contribution in [0.15, 0.2) is 120 Å². The summed E-state index contributed by atoms with van der Waals surface area (Å²) in [6.45, 7) is -1.76. The predicted molar refractivity (Wildman–Crippen MR) is 202 cm³/mol. The van der Waals surface area contributed by atoms with Gasteiger partial charge in [0.25, 0.3) is 0 Å². The van der Waals surface area contributed by atoms with Crippen molar-refractivity contribution in [3.8, 4) is 33.6 Å². The molecule has 0 aliphatic rings. The van der Waals surface area contributed by atoms with Crippen molar-refractivity contribution in [2.24, 2.45) is 5.41 Å². The van der Waals surface area contributed by atoms with Crippen molar-refractivity contribution < 1.29 is 39.6 Å². The average molecular weight is 841 g/mol. The Hall–Kier alpha value is -4.96.